The number of anilines is 2. The minimum atomic E-state index is 0.386. The smallest absolute Gasteiger partial charge is 0.143 e. The van der Waals surface area contributed by atoms with Gasteiger partial charge in [-0.05, 0) is 89.2 Å². The van der Waals surface area contributed by atoms with E-state index in [0.717, 1.165) is 58.7 Å². The molecule has 0 saturated carbocycles. The molecule has 0 N–H and O–H groups in total. The lowest BCUT2D eigenvalue weighted by Crippen LogP contribution is -2.19. The number of hydrogen-bond acceptors (Lipinski definition) is 2. The van der Waals surface area contributed by atoms with Crippen LogP contribution in [0.25, 0.3) is 49.4 Å². The van der Waals surface area contributed by atoms with Crippen LogP contribution in [0, 0.1) is 0 Å². The molecule has 1 heterocycles. The van der Waals surface area contributed by atoms with Crippen molar-refractivity contribution in [3.63, 3.8) is 0 Å². The van der Waals surface area contributed by atoms with Crippen LogP contribution in [-0.2, 0) is 0 Å². The molecule has 260 valence electrons. The average molecular weight is 696 g/mol. The van der Waals surface area contributed by atoms with Crippen LogP contribution < -0.4 is 4.90 Å². The van der Waals surface area contributed by atoms with E-state index in [9.17, 15) is 0 Å². The lowest BCUT2D eigenvalue weighted by molar-refractivity contribution is 0.672. The normalized spacial score (nSPS) is 18.0. The molecule has 0 bridgehead atoms. The van der Waals surface area contributed by atoms with Crippen LogP contribution in [0.3, 0.4) is 0 Å². The summed E-state index contributed by atoms with van der Waals surface area (Å²) in [6.45, 7) is 0. The summed E-state index contributed by atoms with van der Waals surface area (Å²) in [7, 11) is 0. The van der Waals surface area contributed by atoms with Gasteiger partial charge in [0.15, 0.2) is 0 Å². The predicted octanol–water partition coefficient (Wildman–Crippen LogP) is 14.5. The van der Waals surface area contributed by atoms with E-state index in [2.05, 4.69) is 193 Å². The first-order chi connectivity index (χ1) is 26.8. The van der Waals surface area contributed by atoms with Gasteiger partial charge in [0.05, 0.1) is 16.8 Å². The largest absolute Gasteiger partial charge is 0.455 e. The van der Waals surface area contributed by atoms with Crippen molar-refractivity contribution in [3.8, 4) is 11.1 Å². The van der Waals surface area contributed by atoms with Gasteiger partial charge in [-0.3, -0.25) is 0 Å². The molecule has 1 aromatic heterocycles. The van der Waals surface area contributed by atoms with Gasteiger partial charge in [-0.1, -0.05) is 158 Å². The minimum absolute atomic E-state index is 0.386. The molecule has 0 saturated heterocycles. The summed E-state index contributed by atoms with van der Waals surface area (Å²) in [6, 6.07) is 46.6. The van der Waals surface area contributed by atoms with Gasteiger partial charge in [0, 0.05) is 33.9 Å². The number of hydrogen-bond donors (Lipinski definition) is 0. The van der Waals surface area contributed by atoms with Crippen LogP contribution in [0.2, 0.25) is 0 Å². The predicted molar refractivity (Wildman–Crippen MR) is 228 cm³/mol. The molecule has 0 fully saturated rings. The molecular formula is C52H41NO. The Labute approximate surface area is 317 Å². The topological polar surface area (TPSA) is 16.4 Å². The highest BCUT2D eigenvalue weighted by Crippen LogP contribution is 2.47. The van der Waals surface area contributed by atoms with Gasteiger partial charge in [0.1, 0.15) is 11.2 Å². The van der Waals surface area contributed by atoms with E-state index < -0.39 is 0 Å². The van der Waals surface area contributed by atoms with Gasteiger partial charge >= 0.3 is 0 Å². The van der Waals surface area contributed by atoms with E-state index >= 15 is 0 Å². The molecule has 0 radical (unpaired) electrons. The van der Waals surface area contributed by atoms with Gasteiger partial charge in [-0.15, -0.1) is 0 Å². The number of nitrogens with zero attached hydrogens (tertiary/aromatic N) is 1. The Kier molecular flexibility index (Phi) is 8.30. The number of rotatable bonds is 7. The summed E-state index contributed by atoms with van der Waals surface area (Å²) in [6.07, 6.45) is 26.7. The third-order valence-corrected chi connectivity index (χ3v) is 11.4. The number of furan rings is 1. The maximum atomic E-state index is 6.87. The second-order valence-electron chi connectivity index (χ2n) is 14.6. The van der Waals surface area contributed by atoms with Gasteiger partial charge in [0.25, 0.3) is 0 Å². The molecule has 3 aliphatic rings. The fraction of sp³-hybridized carbons (Fsp3) is 0.115. The molecule has 2 heteroatoms. The lowest BCUT2D eigenvalue weighted by atomic mass is 9.87. The first kappa shape index (κ1) is 32.3. The Morgan fingerprint density at radius 1 is 0.574 bits per heavy atom. The van der Waals surface area contributed by atoms with Gasteiger partial charge in [-0.2, -0.15) is 0 Å². The summed E-state index contributed by atoms with van der Waals surface area (Å²) >= 11 is 0. The van der Waals surface area contributed by atoms with Crippen molar-refractivity contribution in [1.82, 2.24) is 0 Å². The molecule has 7 aromatic rings. The van der Waals surface area contributed by atoms with Crippen molar-refractivity contribution in [1.29, 1.82) is 0 Å². The van der Waals surface area contributed by atoms with Gasteiger partial charge in [0.2, 0.25) is 0 Å². The summed E-state index contributed by atoms with van der Waals surface area (Å²) in [5.74, 6) is 0.809. The molecule has 2 nitrogen and oxygen atoms in total. The van der Waals surface area contributed by atoms with E-state index in [1.165, 1.54) is 50.2 Å². The highest BCUT2D eigenvalue weighted by Gasteiger charge is 2.25. The Hall–Kier alpha value is -6.38. The van der Waals surface area contributed by atoms with Crippen LogP contribution in [0.15, 0.2) is 198 Å². The highest BCUT2D eigenvalue weighted by molar-refractivity contribution is 6.22. The second-order valence-corrected chi connectivity index (χ2v) is 14.6. The molecular weight excluding hydrogens is 655 g/mol. The minimum Gasteiger partial charge on any atom is -0.455 e. The van der Waals surface area contributed by atoms with Crippen LogP contribution in [0.1, 0.15) is 54.2 Å². The maximum absolute atomic E-state index is 6.87. The molecule has 2 atom stereocenters. The van der Waals surface area contributed by atoms with E-state index in [1.807, 2.05) is 0 Å². The number of benzene rings is 6. The third kappa shape index (κ3) is 5.76. The van der Waals surface area contributed by atoms with Crippen molar-refractivity contribution in [2.24, 2.45) is 0 Å². The fourth-order valence-electron chi connectivity index (χ4n) is 8.69. The van der Waals surface area contributed by atoms with Crippen molar-refractivity contribution in [2.75, 3.05) is 4.90 Å². The summed E-state index contributed by atoms with van der Waals surface area (Å²) in [5.41, 5.74) is 13.1. The Balaban J connectivity index is 1.14. The first-order valence-electron chi connectivity index (χ1n) is 19.3. The van der Waals surface area contributed by atoms with Crippen LogP contribution in [-0.4, -0.2) is 0 Å². The quantitative estimate of drug-likeness (QED) is 0.165. The van der Waals surface area contributed by atoms with E-state index in [1.54, 1.807) is 0 Å². The van der Waals surface area contributed by atoms with Crippen molar-refractivity contribution in [3.05, 3.63) is 211 Å². The first-order valence-corrected chi connectivity index (χ1v) is 19.3. The zero-order valence-electron chi connectivity index (χ0n) is 30.2. The summed E-state index contributed by atoms with van der Waals surface area (Å²) < 4.78 is 6.87. The van der Waals surface area contributed by atoms with E-state index in [4.69, 9.17) is 4.42 Å². The van der Waals surface area contributed by atoms with E-state index in [0.29, 0.717) is 11.8 Å². The number of allylic oxidation sites excluding steroid dienone is 12. The molecule has 2 unspecified atom stereocenters. The second kappa shape index (κ2) is 13.9. The molecule has 3 aliphatic carbocycles. The van der Waals surface area contributed by atoms with Crippen molar-refractivity contribution in [2.45, 2.75) is 37.5 Å². The number of para-hydroxylation sites is 1. The van der Waals surface area contributed by atoms with Crippen molar-refractivity contribution >= 4 is 49.7 Å². The summed E-state index contributed by atoms with van der Waals surface area (Å²) in [4.78, 5) is 2.50. The average Bonchev–Trinajstić information content (AvgIpc) is 3.65. The maximum Gasteiger partial charge on any atom is 0.143 e. The summed E-state index contributed by atoms with van der Waals surface area (Å²) in [5, 5.41) is 4.60. The Morgan fingerprint density at radius 2 is 1.35 bits per heavy atom. The van der Waals surface area contributed by atoms with Gasteiger partial charge in [-0.25, -0.2) is 0 Å². The Bertz CT molecular complexity index is 2720. The Morgan fingerprint density at radius 3 is 2.15 bits per heavy atom. The molecule has 0 spiro atoms. The SMILES string of the molecule is C1=CCCC(N(c2ccccc2C2=CCC(c3ccccc3)C=C2)c2cccc3oc4c5ccccc5c(-c5ccc(C6C=CC=CC6)cc5)cc4c23)=C1. The molecule has 0 amide bonds. The third-order valence-electron chi connectivity index (χ3n) is 11.4. The molecule has 54 heavy (non-hydrogen) atoms. The fourth-order valence-corrected chi connectivity index (χ4v) is 8.69. The molecule has 0 aliphatic heterocycles. The monoisotopic (exact) mass is 695 g/mol. The zero-order valence-corrected chi connectivity index (χ0v) is 30.2. The van der Waals surface area contributed by atoms with Crippen LogP contribution in [0.4, 0.5) is 11.4 Å². The van der Waals surface area contributed by atoms with Gasteiger partial charge < -0.3 is 9.32 Å². The highest BCUT2D eigenvalue weighted by atomic mass is 16.3. The zero-order chi connectivity index (χ0) is 35.8. The number of fused-ring (bicyclic) bond motifs is 5. The lowest BCUT2D eigenvalue weighted by Gasteiger charge is -2.32. The standard InChI is InChI=1S/C52H41NO/c1-4-15-36(16-5-1)38-27-31-40(32-28-38)43-21-12-13-24-48(43)53(42-19-8-3-9-20-42)49-25-14-26-50-51(49)47-35-46(44-22-10-11-23-45(44)52(47)54-50)41-33-29-39(30-34-41)37-17-6-2-7-18-37/h1-8,10-17,19,21-27,29-35,37-38H,9,18,20,28H2. The molecule has 10 rings (SSSR count). The molecule has 6 aromatic carbocycles. The van der Waals surface area contributed by atoms with Crippen molar-refractivity contribution < 1.29 is 4.42 Å². The van der Waals surface area contributed by atoms with Crippen LogP contribution >= 0.6 is 0 Å². The van der Waals surface area contributed by atoms with E-state index in [-0.39, 0.29) is 0 Å². The van der Waals surface area contributed by atoms with Crippen LogP contribution in [0.5, 0.6) is 0 Å².